The van der Waals surface area contributed by atoms with Crippen LogP contribution in [0.1, 0.15) is 39.5 Å². The minimum absolute atomic E-state index is 0. The van der Waals surface area contributed by atoms with Gasteiger partial charge in [-0.2, -0.15) is 0 Å². The number of aliphatic hydroxyl groups is 1. The van der Waals surface area contributed by atoms with E-state index in [-0.39, 0.29) is 19.5 Å². The number of hydrogen-bond acceptors (Lipinski definition) is 5. The molecule has 0 aromatic heterocycles. The maximum absolute atomic E-state index is 8.49. The molecule has 0 spiro atoms. The summed E-state index contributed by atoms with van der Waals surface area (Å²) in [7, 11) is -4.94. The van der Waals surface area contributed by atoms with Gasteiger partial charge in [-0.25, -0.2) is 18.6 Å². The molecule has 7 heteroatoms. The van der Waals surface area contributed by atoms with Crippen molar-refractivity contribution in [3.8, 4) is 0 Å². The molecule has 0 aromatic rings. The molecule has 0 aliphatic heterocycles. The Balaban J connectivity index is -0.000000208. The summed E-state index contributed by atoms with van der Waals surface area (Å²) < 4.78 is 34.0. The third-order valence-corrected chi connectivity index (χ3v) is 1.44. The van der Waals surface area contributed by atoms with Gasteiger partial charge in [0, 0.05) is 26.1 Å². The van der Waals surface area contributed by atoms with E-state index in [2.05, 4.69) is 13.8 Å². The van der Waals surface area contributed by atoms with E-state index in [0.717, 1.165) is 12.3 Å². The quantitative estimate of drug-likeness (QED) is 0.443. The van der Waals surface area contributed by atoms with Crippen LogP contribution in [0.25, 0.3) is 0 Å². The van der Waals surface area contributed by atoms with E-state index in [1.54, 1.807) is 0 Å². The standard InChI is InChI=1S/C8H18O.ClHO4.Zn/c1-8(2)6-4-3-5-7-9;2-1(3,4)5;/h8-9H,3-7H2,1-2H3;(H,2,3,4,5);/p-1. The smallest absolute Gasteiger partial charge is 0.0431 e. The fraction of sp³-hybridized carbons (Fsp3) is 1.00. The Hall–Kier alpha value is 0.713. The average molecular weight is 295 g/mol. The van der Waals surface area contributed by atoms with Crippen LogP contribution in [0.3, 0.4) is 0 Å². The summed E-state index contributed by atoms with van der Waals surface area (Å²) in [5.41, 5.74) is 0. The van der Waals surface area contributed by atoms with Crippen molar-refractivity contribution in [2.75, 3.05) is 6.61 Å². The van der Waals surface area contributed by atoms with Crippen LogP contribution < -0.4 is 18.6 Å². The van der Waals surface area contributed by atoms with Gasteiger partial charge in [-0.15, -0.1) is 10.2 Å². The van der Waals surface area contributed by atoms with Crippen LogP contribution in [-0.4, -0.2) is 11.7 Å². The molecule has 0 amide bonds. The van der Waals surface area contributed by atoms with Crippen molar-refractivity contribution >= 4 is 0 Å². The van der Waals surface area contributed by atoms with Crippen molar-refractivity contribution in [3.05, 3.63) is 0 Å². The van der Waals surface area contributed by atoms with Gasteiger partial charge in [0.05, 0.1) is 0 Å². The summed E-state index contributed by atoms with van der Waals surface area (Å²) in [5.74, 6) is 0.823. The van der Waals surface area contributed by atoms with E-state index in [1.165, 1.54) is 19.3 Å². The van der Waals surface area contributed by atoms with Gasteiger partial charge in [-0.05, 0) is 12.3 Å². The number of unbranched alkanes of at least 4 members (excludes halogenated alkanes) is 2. The SMILES string of the molecule is CC(C)CCCCCO.[O-][Cl+3]([O-])([O-])[O-].[Zn]. The van der Waals surface area contributed by atoms with E-state index in [4.69, 9.17) is 23.7 Å². The summed E-state index contributed by atoms with van der Waals surface area (Å²) in [6.45, 7) is 4.83. The van der Waals surface area contributed by atoms with Crippen LogP contribution >= 0.6 is 0 Å². The van der Waals surface area contributed by atoms with Gasteiger partial charge in [0.2, 0.25) is 0 Å². The molecule has 0 rings (SSSR count). The van der Waals surface area contributed by atoms with Crippen LogP contribution in [0.4, 0.5) is 0 Å². The molecule has 0 saturated carbocycles. The van der Waals surface area contributed by atoms with E-state index in [0.29, 0.717) is 6.61 Å². The van der Waals surface area contributed by atoms with Crippen LogP contribution in [0, 0.1) is 16.2 Å². The predicted molar refractivity (Wildman–Crippen MR) is 40.4 cm³/mol. The molecule has 0 saturated heterocycles. The molecule has 1 N–H and O–H groups in total. The molecule has 0 radical (unpaired) electrons. The first-order chi connectivity index (χ1) is 6.27. The maximum atomic E-state index is 8.49. The zero-order valence-electron chi connectivity index (χ0n) is 9.28. The Kier molecular flexibility index (Phi) is 17.9. The van der Waals surface area contributed by atoms with E-state index < -0.39 is 10.2 Å². The van der Waals surface area contributed by atoms with Gasteiger partial charge < -0.3 is 5.11 Å². The maximum Gasteiger partial charge on any atom is 0.0431 e. The fourth-order valence-electron chi connectivity index (χ4n) is 0.841. The van der Waals surface area contributed by atoms with Gasteiger partial charge in [-0.1, -0.05) is 33.1 Å². The summed E-state index contributed by atoms with van der Waals surface area (Å²) in [6.07, 6.45) is 4.75. The molecule has 0 aliphatic rings. The summed E-state index contributed by atoms with van der Waals surface area (Å²) in [5, 5.41) is 8.43. The molecular formula is C8H18ClO5Zn-. The van der Waals surface area contributed by atoms with Crippen LogP contribution in [-0.2, 0) is 19.5 Å². The molecule has 0 aliphatic carbocycles. The third-order valence-electron chi connectivity index (χ3n) is 1.44. The Morgan fingerprint density at radius 1 is 1.00 bits per heavy atom. The molecule has 15 heavy (non-hydrogen) atoms. The summed E-state index contributed by atoms with van der Waals surface area (Å²) in [4.78, 5) is 0. The van der Waals surface area contributed by atoms with Crippen LogP contribution in [0.2, 0.25) is 0 Å². The number of aliphatic hydroxyl groups excluding tert-OH is 1. The molecule has 5 nitrogen and oxygen atoms in total. The zero-order valence-corrected chi connectivity index (χ0v) is 13.0. The number of halogens is 1. The van der Waals surface area contributed by atoms with Gasteiger partial charge in [0.1, 0.15) is 0 Å². The topological polar surface area (TPSA) is 112 Å². The van der Waals surface area contributed by atoms with Crippen LogP contribution in [0.15, 0.2) is 0 Å². The monoisotopic (exact) mass is 293 g/mol. The molecule has 0 bridgehead atoms. The third kappa shape index (κ3) is 52.8. The predicted octanol–water partition coefficient (Wildman–Crippen LogP) is -2.56. The van der Waals surface area contributed by atoms with E-state index in [1.807, 2.05) is 0 Å². The molecular weight excluding hydrogens is 277 g/mol. The van der Waals surface area contributed by atoms with E-state index >= 15 is 0 Å². The first-order valence-electron chi connectivity index (χ1n) is 4.50. The minimum Gasteiger partial charge on any atom is -0.396 e. The Bertz CT molecular complexity index is 112. The zero-order chi connectivity index (χ0) is 11.6. The van der Waals surface area contributed by atoms with Gasteiger partial charge in [0.15, 0.2) is 0 Å². The van der Waals surface area contributed by atoms with Gasteiger partial charge >= 0.3 is 0 Å². The minimum atomic E-state index is -4.94. The van der Waals surface area contributed by atoms with Crippen molar-refractivity contribution in [3.63, 3.8) is 0 Å². The molecule has 0 fully saturated rings. The molecule has 0 heterocycles. The molecule has 0 unspecified atom stereocenters. The normalized spacial score (nSPS) is 10.4. The van der Waals surface area contributed by atoms with Gasteiger partial charge in [-0.3, -0.25) is 0 Å². The Morgan fingerprint density at radius 3 is 1.67 bits per heavy atom. The fourth-order valence-corrected chi connectivity index (χ4v) is 0.841. The van der Waals surface area contributed by atoms with Crippen molar-refractivity contribution in [2.24, 2.45) is 5.92 Å². The second-order valence-corrected chi connectivity index (χ2v) is 4.10. The summed E-state index contributed by atoms with van der Waals surface area (Å²) in [6, 6.07) is 0. The second kappa shape index (κ2) is 12.8. The van der Waals surface area contributed by atoms with Gasteiger partial charge in [0.25, 0.3) is 0 Å². The first-order valence-corrected chi connectivity index (χ1v) is 5.73. The number of rotatable bonds is 5. The Labute approximate surface area is 106 Å². The molecule has 0 atom stereocenters. The van der Waals surface area contributed by atoms with Crippen molar-refractivity contribution in [2.45, 2.75) is 39.5 Å². The van der Waals surface area contributed by atoms with E-state index in [9.17, 15) is 0 Å². The van der Waals surface area contributed by atoms with Crippen molar-refractivity contribution < 1.29 is 53.5 Å². The molecule has 0 aromatic carbocycles. The molecule has 90 valence electrons. The largest absolute Gasteiger partial charge is 0.396 e. The van der Waals surface area contributed by atoms with Crippen molar-refractivity contribution in [1.29, 1.82) is 0 Å². The summed E-state index contributed by atoms with van der Waals surface area (Å²) >= 11 is 0. The number of hydrogen-bond donors (Lipinski definition) is 1. The second-order valence-electron chi connectivity index (χ2n) is 3.34. The average Bonchev–Trinajstić information content (AvgIpc) is 1.94. The first kappa shape index (κ1) is 21.0. The van der Waals surface area contributed by atoms with Crippen LogP contribution in [0.5, 0.6) is 0 Å². The Morgan fingerprint density at radius 2 is 1.40 bits per heavy atom. The van der Waals surface area contributed by atoms with Crippen molar-refractivity contribution in [1.82, 2.24) is 0 Å².